The van der Waals surface area contributed by atoms with Gasteiger partial charge >= 0.3 is 5.97 Å². The maximum absolute atomic E-state index is 12.4. The van der Waals surface area contributed by atoms with Crippen molar-refractivity contribution in [1.82, 2.24) is 0 Å². The summed E-state index contributed by atoms with van der Waals surface area (Å²) in [5.74, 6) is 5.34. The Balaban J connectivity index is 1.36. The number of hydrogen-bond donors (Lipinski definition) is 0. The molecule has 0 aliphatic heterocycles. The molecule has 4 aliphatic carbocycles. The molecule has 3 saturated carbocycles. The van der Waals surface area contributed by atoms with Crippen molar-refractivity contribution < 1.29 is 9.53 Å². The van der Waals surface area contributed by atoms with Gasteiger partial charge in [-0.3, -0.25) is 4.79 Å². The van der Waals surface area contributed by atoms with E-state index in [1.807, 2.05) is 0 Å². The summed E-state index contributed by atoms with van der Waals surface area (Å²) in [5, 5.41) is 0. The minimum Gasteiger partial charge on any atom is -0.462 e. The molecule has 0 heterocycles. The Morgan fingerprint density at radius 2 is 1.78 bits per heavy atom. The lowest BCUT2D eigenvalue weighted by molar-refractivity contribution is -0.151. The van der Waals surface area contributed by atoms with Crippen LogP contribution in [0.5, 0.6) is 0 Å². The average Bonchev–Trinajstić information content (AvgIpc) is 3.19. The van der Waals surface area contributed by atoms with Gasteiger partial charge in [-0.1, -0.05) is 91.7 Å². The second kappa shape index (κ2) is 11.9. The third-order valence-corrected chi connectivity index (χ3v) is 11.8. The van der Waals surface area contributed by atoms with E-state index in [-0.39, 0.29) is 12.1 Å². The number of carbonyl (C=O) groups excluding carboxylic acids is 1. The molecule has 206 valence electrons. The summed E-state index contributed by atoms with van der Waals surface area (Å²) >= 11 is 0. The minimum atomic E-state index is 0.0435. The molecule has 4 aliphatic rings. The number of ether oxygens (including phenoxy) is 1. The van der Waals surface area contributed by atoms with Gasteiger partial charge in [-0.15, -0.1) is 0 Å². The smallest absolute Gasteiger partial charge is 0.306 e. The van der Waals surface area contributed by atoms with Crippen LogP contribution in [-0.2, 0) is 9.53 Å². The molecule has 2 nitrogen and oxygen atoms in total. The predicted octanol–water partition coefficient (Wildman–Crippen LogP) is 9.91. The normalized spacial score (nSPS) is 38.6. The zero-order valence-corrected chi connectivity index (χ0v) is 24.7. The van der Waals surface area contributed by atoms with E-state index in [0.717, 1.165) is 61.2 Å². The highest BCUT2D eigenvalue weighted by Crippen LogP contribution is 2.67. The highest BCUT2D eigenvalue weighted by Gasteiger charge is 2.59. The highest BCUT2D eigenvalue weighted by atomic mass is 16.5. The summed E-state index contributed by atoms with van der Waals surface area (Å²) in [4.78, 5) is 12.4. The molecule has 36 heavy (non-hydrogen) atoms. The third-order valence-electron chi connectivity index (χ3n) is 11.8. The lowest BCUT2D eigenvalue weighted by Crippen LogP contribution is -2.51. The maximum atomic E-state index is 12.4. The second-order valence-electron chi connectivity index (χ2n) is 14.5. The van der Waals surface area contributed by atoms with Crippen LogP contribution in [0.3, 0.4) is 0 Å². The summed E-state index contributed by atoms with van der Waals surface area (Å²) in [5.41, 5.74) is 2.54. The number of unbranched alkanes of at least 4 members (excludes halogenated alkanes) is 3. The Bertz CT molecular complexity index is 767. The number of rotatable bonds is 11. The van der Waals surface area contributed by atoms with Crippen molar-refractivity contribution in [3.63, 3.8) is 0 Å². The summed E-state index contributed by atoms with van der Waals surface area (Å²) in [6, 6.07) is 0. The van der Waals surface area contributed by atoms with Crippen molar-refractivity contribution in [3.8, 4) is 0 Å². The topological polar surface area (TPSA) is 26.3 Å². The second-order valence-corrected chi connectivity index (χ2v) is 14.5. The van der Waals surface area contributed by atoms with Gasteiger partial charge in [0.2, 0.25) is 0 Å². The molecule has 3 fully saturated rings. The van der Waals surface area contributed by atoms with Crippen molar-refractivity contribution in [2.24, 2.45) is 46.3 Å². The first-order chi connectivity index (χ1) is 17.2. The third kappa shape index (κ3) is 5.78. The Morgan fingerprint density at radius 3 is 2.53 bits per heavy atom. The number of fused-ring (bicyclic) bond motifs is 5. The van der Waals surface area contributed by atoms with Crippen molar-refractivity contribution >= 4 is 5.97 Å². The van der Waals surface area contributed by atoms with Gasteiger partial charge in [0.05, 0.1) is 0 Å². The van der Waals surface area contributed by atoms with Gasteiger partial charge in [-0.2, -0.15) is 0 Å². The van der Waals surface area contributed by atoms with Gasteiger partial charge in [0, 0.05) is 12.8 Å². The monoisotopic (exact) mass is 498 g/mol. The summed E-state index contributed by atoms with van der Waals surface area (Å²) < 4.78 is 5.99. The zero-order chi connectivity index (χ0) is 25.9. The summed E-state index contributed by atoms with van der Waals surface area (Å²) in [6.45, 7) is 14.8. The quantitative estimate of drug-likeness (QED) is 0.161. The number of allylic oxidation sites excluding steroid dienone is 1. The molecule has 0 amide bonds. The van der Waals surface area contributed by atoms with E-state index in [2.05, 4.69) is 47.6 Å². The molecule has 0 spiro atoms. The molecule has 0 unspecified atom stereocenters. The molecule has 0 N–H and O–H groups in total. The van der Waals surface area contributed by atoms with Crippen LogP contribution < -0.4 is 0 Å². The molecule has 2 heteroatoms. The molecule has 0 bridgehead atoms. The maximum Gasteiger partial charge on any atom is 0.306 e. The number of carbonyl (C=O) groups is 1. The largest absolute Gasteiger partial charge is 0.462 e. The van der Waals surface area contributed by atoms with E-state index < -0.39 is 0 Å². The summed E-state index contributed by atoms with van der Waals surface area (Å²) in [6.07, 6.45) is 22.5. The van der Waals surface area contributed by atoms with E-state index in [1.165, 1.54) is 70.6 Å². The fraction of sp³-hybridized carbons (Fsp3) is 0.912. The van der Waals surface area contributed by atoms with Crippen LogP contribution in [-0.4, -0.2) is 12.1 Å². The van der Waals surface area contributed by atoms with Crippen LogP contribution in [0.25, 0.3) is 0 Å². The lowest BCUT2D eigenvalue weighted by Gasteiger charge is -2.58. The fourth-order valence-electron chi connectivity index (χ4n) is 9.69. The molecule has 0 radical (unpaired) electrons. The molecular weight excluding hydrogens is 440 g/mol. The van der Waals surface area contributed by atoms with Crippen LogP contribution in [0.1, 0.15) is 144 Å². The first-order valence-electron chi connectivity index (χ1n) is 16.1. The van der Waals surface area contributed by atoms with E-state index >= 15 is 0 Å². The van der Waals surface area contributed by atoms with Gasteiger partial charge in [-0.25, -0.2) is 0 Å². The van der Waals surface area contributed by atoms with E-state index in [4.69, 9.17) is 4.74 Å². The Kier molecular flexibility index (Phi) is 9.36. The molecule has 0 aromatic rings. The first-order valence-corrected chi connectivity index (χ1v) is 16.1. The number of hydrogen-bond acceptors (Lipinski definition) is 2. The number of esters is 1. The predicted molar refractivity (Wildman–Crippen MR) is 152 cm³/mol. The summed E-state index contributed by atoms with van der Waals surface area (Å²) in [7, 11) is 0. The van der Waals surface area contributed by atoms with Crippen molar-refractivity contribution in [1.29, 1.82) is 0 Å². The SMILES string of the molecule is CCCCCCC(=O)O[C@H]1CC[C@]2(C)C(=CC[C@H]3[C@H]4CC[C@H]([C@@H](C)CCCC(C)C)[C@]4(C)CC[C@H]32)C1. The lowest BCUT2D eigenvalue weighted by atomic mass is 9.47. The van der Waals surface area contributed by atoms with Crippen molar-refractivity contribution in [2.45, 2.75) is 150 Å². The van der Waals surface area contributed by atoms with E-state index in [0.29, 0.717) is 17.3 Å². The standard InChI is InChI=1S/C34H58O2/c1-7-8-9-10-14-32(35)36-27-19-21-33(5)26(23-27)15-16-28-30-18-17-29(25(4)13-11-12-24(2)3)34(30,6)22-20-31(28)33/h15,24-25,27-31H,7-14,16-23H2,1-6H3/t25-,27-,28-,29+,30+,31+,33+,34-/m0/s1. The minimum absolute atomic E-state index is 0.0435. The highest BCUT2D eigenvalue weighted by molar-refractivity contribution is 5.69. The van der Waals surface area contributed by atoms with Crippen molar-refractivity contribution in [3.05, 3.63) is 11.6 Å². The average molecular weight is 499 g/mol. The van der Waals surface area contributed by atoms with E-state index in [1.54, 1.807) is 5.57 Å². The van der Waals surface area contributed by atoms with Gasteiger partial charge in [-0.05, 0) is 97.7 Å². The van der Waals surface area contributed by atoms with Gasteiger partial charge < -0.3 is 4.74 Å². The Morgan fingerprint density at radius 1 is 0.972 bits per heavy atom. The van der Waals surface area contributed by atoms with Gasteiger partial charge in [0.1, 0.15) is 6.10 Å². The van der Waals surface area contributed by atoms with Crippen LogP contribution in [0.4, 0.5) is 0 Å². The Labute approximate surface area is 223 Å². The first kappa shape index (κ1) is 28.2. The van der Waals surface area contributed by atoms with Crippen LogP contribution >= 0.6 is 0 Å². The Hall–Kier alpha value is -0.790. The van der Waals surface area contributed by atoms with E-state index in [9.17, 15) is 4.79 Å². The van der Waals surface area contributed by atoms with Crippen LogP contribution in [0.15, 0.2) is 11.6 Å². The molecule has 0 aromatic carbocycles. The van der Waals surface area contributed by atoms with Crippen LogP contribution in [0.2, 0.25) is 0 Å². The fourth-order valence-corrected chi connectivity index (χ4v) is 9.69. The van der Waals surface area contributed by atoms with Crippen molar-refractivity contribution in [2.75, 3.05) is 0 Å². The van der Waals surface area contributed by atoms with Gasteiger partial charge in [0.25, 0.3) is 0 Å². The molecule has 0 aromatic heterocycles. The molecule has 8 atom stereocenters. The molecule has 4 rings (SSSR count). The van der Waals surface area contributed by atoms with Gasteiger partial charge in [0.15, 0.2) is 0 Å². The molecule has 0 saturated heterocycles. The molecular formula is C34H58O2. The van der Waals surface area contributed by atoms with Crippen LogP contribution in [0, 0.1) is 46.3 Å². The zero-order valence-electron chi connectivity index (χ0n) is 24.7.